The molecule has 1 aromatic carbocycles. The van der Waals surface area contributed by atoms with Gasteiger partial charge in [-0.3, -0.25) is 4.68 Å². The molecule has 0 aliphatic carbocycles. The molecule has 0 saturated heterocycles. The lowest BCUT2D eigenvalue weighted by atomic mass is 10.1. The molecule has 21 heavy (non-hydrogen) atoms. The molecular formula is C17H22N4. The van der Waals surface area contributed by atoms with E-state index in [1.807, 2.05) is 35.1 Å². The molecule has 1 atom stereocenters. The van der Waals surface area contributed by atoms with Crippen molar-refractivity contribution in [2.75, 3.05) is 5.32 Å². The number of nitrogens with one attached hydrogen (secondary N) is 1. The van der Waals surface area contributed by atoms with Crippen LogP contribution in [0.4, 0.5) is 5.69 Å². The van der Waals surface area contributed by atoms with E-state index in [2.05, 4.69) is 44.2 Å². The minimum Gasteiger partial charge on any atom is -0.376 e. The average Bonchev–Trinajstić information content (AvgIpc) is 2.79. The summed E-state index contributed by atoms with van der Waals surface area (Å²) < 4.78 is 2.03. The van der Waals surface area contributed by atoms with Crippen LogP contribution in [-0.2, 0) is 6.54 Å². The van der Waals surface area contributed by atoms with Crippen molar-refractivity contribution in [2.45, 2.75) is 40.3 Å². The van der Waals surface area contributed by atoms with Gasteiger partial charge in [0.05, 0.1) is 29.2 Å². The monoisotopic (exact) mass is 282 g/mol. The van der Waals surface area contributed by atoms with E-state index in [0.717, 1.165) is 23.5 Å². The van der Waals surface area contributed by atoms with Crippen LogP contribution in [0.3, 0.4) is 0 Å². The SMILES string of the molecule is Cc1c(NC(C)c2cccc(C#N)c2)cnn1CC(C)C. The Hall–Kier alpha value is -2.28. The molecule has 4 nitrogen and oxygen atoms in total. The van der Waals surface area contributed by atoms with Crippen LogP contribution < -0.4 is 5.32 Å². The largest absolute Gasteiger partial charge is 0.376 e. The lowest BCUT2D eigenvalue weighted by Gasteiger charge is -2.16. The van der Waals surface area contributed by atoms with Gasteiger partial charge in [0.2, 0.25) is 0 Å². The Kier molecular flexibility index (Phi) is 4.64. The minimum atomic E-state index is 0.133. The van der Waals surface area contributed by atoms with Crippen molar-refractivity contribution in [3.8, 4) is 6.07 Å². The first kappa shape index (κ1) is 15.1. The van der Waals surface area contributed by atoms with Gasteiger partial charge in [-0.2, -0.15) is 10.4 Å². The first-order valence-electron chi connectivity index (χ1n) is 7.30. The van der Waals surface area contributed by atoms with Crippen molar-refractivity contribution in [1.82, 2.24) is 9.78 Å². The Labute approximate surface area is 126 Å². The molecular weight excluding hydrogens is 260 g/mol. The second-order valence-electron chi connectivity index (χ2n) is 5.82. The van der Waals surface area contributed by atoms with Gasteiger partial charge in [-0.1, -0.05) is 26.0 Å². The van der Waals surface area contributed by atoms with Gasteiger partial charge in [-0.25, -0.2) is 0 Å². The maximum absolute atomic E-state index is 8.98. The van der Waals surface area contributed by atoms with Crippen molar-refractivity contribution in [3.05, 3.63) is 47.3 Å². The summed E-state index contributed by atoms with van der Waals surface area (Å²) in [6, 6.07) is 10.0. The Morgan fingerprint density at radius 3 is 2.76 bits per heavy atom. The highest BCUT2D eigenvalue weighted by molar-refractivity contribution is 5.48. The van der Waals surface area contributed by atoms with Crippen molar-refractivity contribution >= 4 is 5.69 Å². The summed E-state index contributed by atoms with van der Waals surface area (Å²) in [6.07, 6.45) is 1.88. The Bertz CT molecular complexity index is 649. The van der Waals surface area contributed by atoms with Crippen molar-refractivity contribution in [1.29, 1.82) is 5.26 Å². The van der Waals surface area contributed by atoms with E-state index in [4.69, 9.17) is 5.26 Å². The van der Waals surface area contributed by atoms with Crippen LogP contribution in [0.15, 0.2) is 30.5 Å². The Balaban J connectivity index is 2.14. The van der Waals surface area contributed by atoms with E-state index in [0.29, 0.717) is 11.5 Å². The summed E-state index contributed by atoms with van der Waals surface area (Å²) in [4.78, 5) is 0. The molecule has 1 heterocycles. The summed E-state index contributed by atoms with van der Waals surface area (Å²) in [5, 5.41) is 16.9. The predicted octanol–water partition coefficient (Wildman–Crippen LogP) is 3.89. The first-order chi connectivity index (χ1) is 10.0. The summed E-state index contributed by atoms with van der Waals surface area (Å²) in [6.45, 7) is 9.46. The molecule has 2 rings (SSSR count). The van der Waals surface area contributed by atoms with Gasteiger partial charge in [0.1, 0.15) is 0 Å². The van der Waals surface area contributed by atoms with Gasteiger partial charge >= 0.3 is 0 Å². The van der Waals surface area contributed by atoms with E-state index >= 15 is 0 Å². The summed E-state index contributed by atoms with van der Waals surface area (Å²) >= 11 is 0. The van der Waals surface area contributed by atoms with Crippen LogP contribution in [0.1, 0.15) is 43.6 Å². The van der Waals surface area contributed by atoms with Gasteiger partial charge in [0.25, 0.3) is 0 Å². The van der Waals surface area contributed by atoms with Gasteiger partial charge in [-0.05, 0) is 37.5 Å². The predicted molar refractivity (Wildman–Crippen MR) is 85.0 cm³/mol. The number of benzene rings is 1. The second kappa shape index (κ2) is 6.45. The minimum absolute atomic E-state index is 0.133. The quantitative estimate of drug-likeness (QED) is 0.905. The molecule has 0 amide bonds. The molecule has 0 radical (unpaired) electrons. The zero-order valence-electron chi connectivity index (χ0n) is 13.1. The molecule has 0 aliphatic rings. The van der Waals surface area contributed by atoms with Crippen molar-refractivity contribution in [2.24, 2.45) is 5.92 Å². The van der Waals surface area contributed by atoms with Crippen LogP contribution in [-0.4, -0.2) is 9.78 Å². The maximum atomic E-state index is 8.98. The number of nitriles is 1. The zero-order valence-corrected chi connectivity index (χ0v) is 13.1. The van der Waals surface area contributed by atoms with Gasteiger partial charge in [-0.15, -0.1) is 0 Å². The van der Waals surface area contributed by atoms with E-state index in [1.165, 1.54) is 0 Å². The molecule has 0 aliphatic heterocycles. The van der Waals surface area contributed by atoms with Crippen molar-refractivity contribution in [3.63, 3.8) is 0 Å². The molecule has 1 aromatic heterocycles. The highest BCUT2D eigenvalue weighted by Crippen LogP contribution is 2.22. The average molecular weight is 282 g/mol. The third-order valence-electron chi connectivity index (χ3n) is 3.53. The van der Waals surface area contributed by atoms with E-state index in [1.54, 1.807) is 0 Å². The number of hydrogen-bond acceptors (Lipinski definition) is 3. The third kappa shape index (κ3) is 3.63. The fourth-order valence-electron chi connectivity index (χ4n) is 2.31. The summed E-state index contributed by atoms with van der Waals surface area (Å²) in [7, 11) is 0. The van der Waals surface area contributed by atoms with Crippen LogP contribution in [0.2, 0.25) is 0 Å². The van der Waals surface area contributed by atoms with Gasteiger partial charge < -0.3 is 5.32 Å². The highest BCUT2D eigenvalue weighted by atomic mass is 15.3. The molecule has 0 fully saturated rings. The number of hydrogen-bond donors (Lipinski definition) is 1. The first-order valence-corrected chi connectivity index (χ1v) is 7.30. The molecule has 4 heteroatoms. The van der Waals surface area contributed by atoms with Gasteiger partial charge in [0, 0.05) is 12.6 Å². The molecule has 2 aromatic rings. The summed E-state index contributed by atoms with van der Waals surface area (Å²) in [5.74, 6) is 0.571. The molecule has 0 spiro atoms. The Morgan fingerprint density at radius 2 is 2.10 bits per heavy atom. The van der Waals surface area contributed by atoms with E-state index in [-0.39, 0.29) is 6.04 Å². The van der Waals surface area contributed by atoms with Crippen molar-refractivity contribution < 1.29 is 0 Å². The normalized spacial score (nSPS) is 12.2. The molecule has 110 valence electrons. The van der Waals surface area contributed by atoms with E-state index < -0.39 is 0 Å². The number of aromatic nitrogens is 2. The van der Waals surface area contributed by atoms with Gasteiger partial charge in [0.15, 0.2) is 0 Å². The van der Waals surface area contributed by atoms with E-state index in [9.17, 15) is 0 Å². The maximum Gasteiger partial charge on any atom is 0.0991 e. The molecule has 0 saturated carbocycles. The summed E-state index contributed by atoms with van der Waals surface area (Å²) in [5.41, 5.74) is 3.98. The number of nitrogens with zero attached hydrogens (tertiary/aromatic N) is 3. The smallest absolute Gasteiger partial charge is 0.0991 e. The molecule has 1 N–H and O–H groups in total. The molecule has 1 unspecified atom stereocenters. The second-order valence-corrected chi connectivity index (χ2v) is 5.82. The number of rotatable bonds is 5. The van der Waals surface area contributed by atoms with Crippen LogP contribution in [0.5, 0.6) is 0 Å². The number of anilines is 1. The third-order valence-corrected chi connectivity index (χ3v) is 3.53. The van der Waals surface area contributed by atoms with Crippen LogP contribution in [0, 0.1) is 24.2 Å². The fourth-order valence-corrected chi connectivity index (χ4v) is 2.31. The Morgan fingerprint density at radius 1 is 1.33 bits per heavy atom. The van der Waals surface area contributed by atoms with Crippen LogP contribution in [0.25, 0.3) is 0 Å². The fraction of sp³-hybridized carbons (Fsp3) is 0.412. The lowest BCUT2D eigenvalue weighted by Crippen LogP contribution is -2.10. The highest BCUT2D eigenvalue weighted by Gasteiger charge is 2.11. The molecule has 0 bridgehead atoms. The zero-order chi connectivity index (χ0) is 15.4. The lowest BCUT2D eigenvalue weighted by molar-refractivity contribution is 0.475. The standard InChI is InChI=1S/C17H22N4/c1-12(2)11-21-14(4)17(10-19-21)20-13(3)16-7-5-6-15(8-16)9-18/h5-8,10,12-13,20H,11H2,1-4H3. The van der Waals surface area contributed by atoms with Crippen LogP contribution >= 0.6 is 0 Å². The topological polar surface area (TPSA) is 53.6 Å².